The van der Waals surface area contributed by atoms with Gasteiger partial charge in [-0.05, 0) is 29.9 Å². The molecule has 0 aliphatic carbocycles. The van der Waals surface area contributed by atoms with Crippen LogP contribution in [-0.4, -0.2) is 11.5 Å². The number of hydrogen-bond acceptors (Lipinski definition) is 2. The Morgan fingerprint density at radius 1 is 1.50 bits per heavy atom. The molecule has 0 aliphatic rings. The molecule has 78 valence electrons. The summed E-state index contributed by atoms with van der Waals surface area (Å²) in [6, 6.07) is 7.89. The van der Waals surface area contributed by atoms with Gasteiger partial charge < -0.3 is 5.73 Å². The largest absolute Gasteiger partial charge is 0.323 e. The molecule has 14 heavy (non-hydrogen) atoms. The van der Waals surface area contributed by atoms with Crippen LogP contribution in [0.25, 0.3) is 0 Å². The van der Waals surface area contributed by atoms with Crippen molar-refractivity contribution in [3.05, 3.63) is 34.9 Å². The van der Waals surface area contributed by atoms with Crippen molar-refractivity contribution in [2.45, 2.75) is 19.4 Å². The molecule has 0 fully saturated rings. The molecule has 2 N–H and O–H groups in total. The van der Waals surface area contributed by atoms with Crippen LogP contribution in [0.4, 0.5) is 0 Å². The third kappa shape index (κ3) is 3.91. The second-order valence-electron chi connectivity index (χ2n) is 3.24. The van der Waals surface area contributed by atoms with Crippen molar-refractivity contribution in [3.8, 4) is 0 Å². The second kappa shape index (κ2) is 6.33. The van der Waals surface area contributed by atoms with E-state index in [0.717, 1.165) is 16.3 Å². The number of hydrogen-bond donors (Lipinski definition) is 1. The summed E-state index contributed by atoms with van der Waals surface area (Å²) in [5.41, 5.74) is 7.15. The maximum Gasteiger partial charge on any atom is 0.0409 e. The molecule has 0 spiro atoms. The van der Waals surface area contributed by atoms with E-state index < -0.39 is 0 Å². The molecular formula is C11H16ClNS. The van der Waals surface area contributed by atoms with Gasteiger partial charge in [-0.2, -0.15) is 11.8 Å². The summed E-state index contributed by atoms with van der Waals surface area (Å²) in [4.78, 5) is 0. The lowest BCUT2D eigenvalue weighted by atomic mass is 10.1. The van der Waals surface area contributed by atoms with E-state index in [2.05, 4.69) is 6.92 Å². The van der Waals surface area contributed by atoms with Crippen LogP contribution in [0.2, 0.25) is 5.02 Å². The van der Waals surface area contributed by atoms with Crippen molar-refractivity contribution in [2.24, 2.45) is 5.73 Å². The summed E-state index contributed by atoms with van der Waals surface area (Å²) in [7, 11) is 0. The average Bonchev–Trinajstić information content (AvgIpc) is 2.18. The number of rotatable bonds is 5. The highest BCUT2D eigenvalue weighted by Gasteiger charge is 2.05. The predicted octanol–water partition coefficient (Wildman–Crippen LogP) is 3.48. The van der Waals surface area contributed by atoms with Crippen LogP contribution in [0.1, 0.15) is 24.9 Å². The maximum atomic E-state index is 6.03. The Morgan fingerprint density at radius 3 is 2.93 bits per heavy atom. The van der Waals surface area contributed by atoms with E-state index in [4.69, 9.17) is 17.3 Å². The van der Waals surface area contributed by atoms with Gasteiger partial charge >= 0.3 is 0 Å². The van der Waals surface area contributed by atoms with Gasteiger partial charge in [-0.3, -0.25) is 0 Å². The SMILES string of the molecule is CCCSCC(N)c1cccc(Cl)c1. The maximum absolute atomic E-state index is 6.03. The van der Waals surface area contributed by atoms with Crippen molar-refractivity contribution in [2.75, 3.05) is 11.5 Å². The first-order valence-corrected chi connectivity index (χ1v) is 6.36. The summed E-state index contributed by atoms with van der Waals surface area (Å²) in [5, 5.41) is 0.762. The highest BCUT2D eigenvalue weighted by atomic mass is 35.5. The van der Waals surface area contributed by atoms with Gasteiger partial charge in [0.1, 0.15) is 0 Å². The minimum Gasteiger partial charge on any atom is -0.323 e. The van der Waals surface area contributed by atoms with Crippen molar-refractivity contribution in [1.29, 1.82) is 0 Å². The number of thioether (sulfide) groups is 1. The fraction of sp³-hybridized carbons (Fsp3) is 0.455. The van der Waals surface area contributed by atoms with Gasteiger partial charge in [0, 0.05) is 16.8 Å². The lowest BCUT2D eigenvalue weighted by molar-refractivity contribution is 0.830. The Morgan fingerprint density at radius 2 is 2.29 bits per heavy atom. The zero-order chi connectivity index (χ0) is 10.4. The fourth-order valence-corrected chi connectivity index (χ4v) is 2.29. The molecule has 0 aromatic heterocycles. The average molecular weight is 230 g/mol. The molecule has 1 nitrogen and oxygen atoms in total. The highest BCUT2D eigenvalue weighted by molar-refractivity contribution is 7.99. The van der Waals surface area contributed by atoms with Gasteiger partial charge in [0.15, 0.2) is 0 Å². The van der Waals surface area contributed by atoms with Crippen LogP contribution >= 0.6 is 23.4 Å². The molecule has 1 aromatic carbocycles. The Balaban J connectivity index is 2.47. The molecule has 1 unspecified atom stereocenters. The first-order chi connectivity index (χ1) is 6.74. The monoisotopic (exact) mass is 229 g/mol. The zero-order valence-electron chi connectivity index (χ0n) is 8.37. The van der Waals surface area contributed by atoms with Crippen LogP contribution in [0.5, 0.6) is 0 Å². The molecule has 1 aromatic rings. The zero-order valence-corrected chi connectivity index (χ0v) is 9.94. The van der Waals surface area contributed by atoms with Gasteiger partial charge in [0.25, 0.3) is 0 Å². The van der Waals surface area contributed by atoms with Gasteiger partial charge in [-0.15, -0.1) is 0 Å². The first-order valence-electron chi connectivity index (χ1n) is 4.83. The molecule has 0 heterocycles. The topological polar surface area (TPSA) is 26.0 Å². The molecule has 1 rings (SSSR count). The van der Waals surface area contributed by atoms with Crippen molar-refractivity contribution in [3.63, 3.8) is 0 Å². The smallest absolute Gasteiger partial charge is 0.0409 e. The molecule has 0 amide bonds. The van der Waals surface area contributed by atoms with E-state index >= 15 is 0 Å². The van der Waals surface area contributed by atoms with Crippen LogP contribution in [-0.2, 0) is 0 Å². The second-order valence-corrected chi connectivity index (χ2v) is 4.82. The lowest BCUT2D eigenvalue weighted by Gasteiger charge is -2.11. The molecule has 0 radical (unpaired) electrons. The highest BCUT2D eigenvalue weighted by Crippen LogP contribution is 2.19. The van der Waals surface area contributed by atoms with Crippen molar-refractivity contribution < 1.29 is 0 Å². The quantitative estimate of drug-likeness (QED) is 0.783. The molecule has 0 saturated carbocycles. The van der Waals surface area contributed by atoms with E-state index in [1.807, 2.05) is 36.0 Å². The summed E-state index contributed by atoms with van der Waals surface area (Å²) in [6.45, 7) is 2.18. The van der Waals surface area contributed by atoms with E-state index in [1.165, 1.54) is 12.2 Å². The Bertz CT molecular complexity index is 278. The molecule has 0 aliphatic heterocycles. The number of halogens is 1. The standard InChI is InChI=1S/C11H16ClNS/c1-2-6-14-8-11(13)9-4-3-5-10(12)7-9/h3-5,7,11H,2,6,8,13H2,1H3. The van der Waals surface area contributed by atoms with Crippen molar-refractivity contribution in [1.82, 2.24) is 0 Å². The Kier molecular flexibility index (Phi) is 5.38. The predicted molar refractivity (Wildman–Crippen MR) is 66.0 cm³/mol. The van der Waals surface area contributed by atoms with Crippen molar-refractivity contribution >= 4 is 23.4 Å². The number of nitrogens with two attached hydrogens (primary N) is 1. The third-order valence-corrected chi connectivity index (χ3v) is 3.45. The summed E-state index contributed by atoms with van der Waals surface area (Å²) in [6.07, 6.45) is 1.20. The molecule has 1 atom stereocenters. The van der Waals surface area contributed by atoms with Gasteiger partial charge in [0.05, 0.1) is 0 Å². The van der Waals surface area contributed by atoms with Crippen LogP contribution in [0, 0.1) is 0 Å². The van der Waals surface area contributed by atoms with Crippen LogP contribution in [0.15, 0.2) is 24.3 Å². The Labute approximate surface area is 95.0 Å². The number of benzene rings is 1. The van der Waals surface area contributed by atoms with Crippen LogP contribution < -0.4 is 5.73 Å². The lowest BCUT2D eigenvalue weighted by Crippen LogP contribution is -2.13. The van der Waals surface area contributed by atoms with E-state index in [-0.39, 0.29) is 6.04 Å². The molecule has 0 bridgehead atoms. The molecule has 3 heteroatoms. The minimum atomic E-state index is 0.102. The van der Waals surface area contributed by atoms with Gasteiger partial charge in [-0.1, -0.05) is 30.7 Å². The van der Waals surface area contributed by atoms with Crippen LogP contribution in [0.3, 0.4) is 0 Å². The third-order valence-electron chi connectivity index (χ3n) is 1.92. The normalized spacial score (nSPS) is 12.8. The van der Waals surface area contributed by atoms with E-state index in [1.54, 1.807) is 0 Å². The fourth-order valence-electron chi connectivity index (χ4n) is 1.19. The van der Waals surface area contributed by atoms with Gasteiger partial charge in [0.2, 0.25) is 0 Å². The summed E-state index contributed by atoms with van der Waals surface area (Å²) < 4.78 is 0. The first kappa shape index (κ1) is 11.9. The minimum absolute atomic E-state index is 0.102. The van der Waals surface area contributed by atoms with E-state index in [9.17, 15) is 0 Å². The summed E-state index contributed by atoms with van der Waals surface area (Å²) >= 11 is 7.78. The molecular weight excluding hydrogens is 214 g/mol. The summed E-state index contributed by atoms with van der Waals surface area (Å²) in [5.74, 6) is 2.14. The van der Waals surface area contributed by atoms with E-state index in [0.29, 0.717) is 0 Å². The Hall–Kier alpha value is -0.180. The molecule has 0 saturated heterocycles. The van der Waals surface area contributed by atoms with Gasteiger partial charge in [-0.25, -0.2) is 0 Å².